The van der Waals surface area contributed by atoms with Gasteiger partial charge in [-0.15, -0.1) is 0 Å². The van der Waals surface area contributed by atoms with Crippen LogP contribution in [-0.4, -0.2) is 40.8 Å². The summed E-state index contributed by atoms with van der Waals surface area (Å²) in [5, 5.41) is 2.75. The number of amides is 1. The van der Waals surface area contributed by atoms with E-state index in [9.17, 15) is 13.2 Å². The van der Waals surface area contributed by atoms with E-state index in [0.29, 0.717) is 17.9 Å². The molecule has 0 atom stereocenters. The number of carbonyl (C=O) groups is 1. The highest BCUT2D eigenvalue weighted by atomic mass is 32.2. The van der Waals surface area contributed by atoms with Crippen LogP contribution in [0.5, 0.6) is 5.75 Å². The Labute approximate surface area is 138 Å². The largest absolute Gasteiger partial charge is 0.495 e. The Balaban J connectivity index is 2.91. The average Bonchev–Trinajstić information content (AvgIpc) is 2.41. The number of methoxy groups -OCH3 is 1. The highest BCUT2D eigenvalue weighted by Gasteiger charge is 2.21. The number of rotatable bonds is 8. The number of anilines is 1. The molecule has 0 saturated carbocycles. The van der Waals surface area contributed by atoms with Crippen molar-refractivity contribution >= 4 is 21.6 Å². The van der Waals surface area contributed by atoms with E-state index in [0.717, 1.165) is 11.8 Å². The second-order valence-corrected chi connectivity index (χ2v) is 7.87. The monoisotopic (exact) mass is 342 g/mol. The van der Waals surface area contributed by atoms with E-state index in [1.54, 1.807) is 12.1 Å². The molecule has 0 aromatic heterocycles. The molecule has 1 amide bonds. The lowest BCUT2D eigenvalue weighted by molar-refractivity contribution is -0.121. The van der Waals surface area contributed by atoms with Crippen molar-refractivity contribution in [3.8, 4) is 5.75 Å². The third-order valence-corrected chi connectivity index (χ3v) is 4.41. The molecule has 0 heterocycles. The van der Waals surface area contributed by atoms with Crippen LogP contribution in [0, 0.1) is 12.8 Å². The quantitative estimate of drug-likeness (QED) is 0.783. The summed E-state index contributed by atoms with van der Waals surface area (Å²) < 4.78 is 30.8. The standard InChI is InChI=1S/C16H26N2O4S/c1-12(2)10-16(19)17-8-9-18(23(5,20)21)14-11-13(3)6-7-15(14)22-4/h6-7,11-12H,8-10H2,1-5H3,(H,17,19). The Morgan fingerprint density at radius 1 is 1.35 bits per heavy atom. The van der Waals surface area contributed by atoms with Crippen LogP contribution in [0.25, 0.3) is 0 Å². The van der Waals surface area contributed by atoms with E-state index in [1.165, 1.54) is 11.4 Å². The fourth-order valence-electron chi connectivity index (χ4n) is 2.20. The molecule has 0 radical (unpaired) electrons. The third-order valence-electron chi connectivity index (χ3n) is 3.23. The number of ether oxygens (including phenoxy) is 1. The second kappa shape index (κ2) is 8.19. The van der Waals surface area contributed by atoms with Crippen molar-refractivity contribution in [1.82, 2.24) is 5.32 Å². The van der Waals surface area contributed by atoms with Crippen LogP contribution < -0.4 is 14.4 Å². The zero-order valence-corrected chi connectivity index (χ0v) is 15.2. The predicted molar refractivity (Wildman–Crippen MR) is 92.4 cm³/mol. The van der Waals surface area contributed by atoms with Gasteiger partial charge in [-0.05, 0) is 30.5 Å². The lowest BCUT2D eigenvalue weighted by atomic mass is 10.1. The maximum Gasteiger partial charge on any atom is 0.232 e. The molecule has 0 bridgehead atoms. The molecular weight excluding hydrogens is 316 g/mol. The molecule has 0 unspecified atom stereocenters. The molecule has 0 saturated heterocycles. The zero-order valence-electron chi connectivity index (χ0n) is 14.4. The van der Waals surface area contributed by atoms with Gasteiger partial charge in [0.25, 0.3) is 0 Å². The minimum atomic E-state index is -3.49. The predicted octanol–water partition coefficient (Wildman–Crippen LogP) is 1.93. The first-order chi connectivity index (χ1) is 10.6. The first kappa shape index (κ1) is 19.3. The molecule has 7 heteroatoms. The molecule has 1 aromatic rings. The summed E-state index contributed by atoms with van der Waals surface area (Å²) >= 11 is 0. The summed E-state index contributed by atoms with van der Waals surface area (Å²) in [4.78, 5) is 11.7. The lowest BCUT2D eigenvalue weighted by Crippen LogP contribution is -2.38. The summed E-state index contributed by atoms with van der Waals surface area (Å²) in [6.45, 7) is 6.20. The van der Waals surface area contributed by atoms with Gasteiger partial charge in [-0.25, -0.2) is 8.42 Å². The van der Waals surface area contributed by atoms with E-state index in [2.05, 4.69) is 5.32 Å². The normalized spacial score (nSPS) is 11.4. The first-order valence-electron chi connectivity index (χ1n) is 7.54. The maximum atomic E-state index is 12.1. The van der Waals surface area contributed by atoms with Crippen LogP contribution in [0.15, 0.2) is 18.2 Å². The fourth-order valence-corrected chi connectivity index (χ4v) is 3.12. The molecular formula is C16H26N2O4S. The summed E-state index contributed by atoms with van der Waals surface area (Å²) in [5.41, 5.74) is 1.41. The van der Waals surface area contributed by atoms with Crippen LogP contribution in [0.2, 0.25) is 0 Å². The van der Waals surface area contributed by atoms with E-state index in [4.69, 9.17) is 4.74 Å². The number of aryl methyl sites for hydroxylation is 1. The molecule has 0 spiro atoms. The van der Waals surface area contributed by atoms with Gasteiger partial charge in [0, 0.05) is 13.0 Å². The fraction of sp³-hybridized carbons (Fsp3) is 0.562. The lowest BCUT2D eigenvalue weighted by Gasteiger charge is -2.25. The highest BCUT2D eigenvalue weighted by molar-refractivity contribution is 7.92. The molecule has 1 rings (SSSR count). The molecule has 130 valence electrons. The maximum absolute atomic E-state index is 12.1. The van der Waals surface area contributed by atoms with Gasteiger partial charge in [0.15, 0.2) is 0 Å². The zero-order chi connectivity index (χ0) is 17.6. The highest BCUT2D eigenvalue weighted by Crippen LogP contribution is 2.30. The first-order valence-corrected chi connectivity index (χ1v) is 9.39. The Morgan fingerprint density at radius 3 is 2.52 bits per heavy atom. The van der Waals surface area contributed by atoms with E-state index >= 15 is 0 Å². The van der Waals surface area contributed by atoms with Gasteiger partial charge in [-0.2, -0.15) is 0 Å². The van der Waals surface area contributed by atoms with Crippen molar-refractivity contribution in [2.24, 2.45) is 5.92 Å². The van der Waals surface area contributed by atoms with Gasteiger partial charge in [0.1, 0.15) is 5.75 Å². The van der Waals surface area contributed by atoms with Gasteiger partial charge in [-0.1, -0.05) is 19.9 Å². The molecule has 0 aliphatic heterocycles. The van der Waals surface area contributed by atoms with Crippen molar-refractivity contribution in [3.63, 3.8) is 0 Å². The van der Waals surface area contributed by atoms with Crippen LogP contribution in [0.4, 0.5) is 5.69 Å². The minimum absolute atomic E-state index is 0.0790. The summed E-state index contributed by atoms with van der Waals surface area (Å²) in [5.74, 6) is 0.664. The Morgan fingerprint density at radius 2 is 2.00 bits per heavy atom. The topological polar surface area (TPSA) is 75.7 Å². The van der Waals surface area contributed by atoms with Crippen molar-refractivity contribution in [2.45, 2.75) is 27.2 Å². The second-order valence-electron chi connectivity index (χ2n) is 5.96. The number of sulfonamides is 1. The van der Waals surface area contributed by atoms with Crippen LogP contribution in [-0.2, 0) is 14.8 Å². The van der Waals surface area contributed by atoms with Gasteiger partial charge >= 0.3 is 0 Å². The molecule has 0 fully saturated rings. The third kappa shape index (κ3) is 6.09. The summed E-state index contributed by atoms with van der Waals surface area (Å²) in [6.07, 6.45) is 1.57. The van der Waals surface area contributed by atoms with Crippen LogP contribution in [0.3, 0.4) is 0 Å². The van der Waals surface area contributed by atoms with E-state index in [-0.39, 0.29) is 24.9 Å². The number of benzene rings is 1. The molecule has 1 aromatic carbocycles. The number of nitrogens with one attached hydrogen (secondary N) is 1. The number of hydrogen-bond acceptors (Lipinski definition) is 4. The number of carbonyl (C=O) groups excluding carboxylic acids is 1. The van der Waals surface area contributed by atoms with Crippen LogP contribution in [0.1, 0.15) is 25.8 Å². The number of nitrogens with zero attached hydrogens (tertiary/aromatic N) is 1. The van der Waals surface area contributed by atoms with E-state index < -0.39 is 10.0 Å². The van der Waals surface area contributed by atoms with Gasteiger partial charge in [0.05, 0.1) is 25.6 Å². The van der Waals surface area contributed by atoms with Gasteiger partial charge in [-0.3, -0.25) is 9.10 Å². The minimum Gasteiger partial charge on any atom is -0.495 e. The van der Waals surface area contributed by atoms with Gasteiger partial charge < -0.3 is 10.1 Å². The average molecular weight is 342 g/mol. The Bertz CT molecular complexity index is 641. The van der Waals surface area contributed by atoms with Gasteiger partial charge in [0.2, 0.25) is 15.9 Å². The SMILES string of the molecule is COc1ccc(C)cc1N(CCNC(=O)CC(C)C)S(C)(=O)=O. The Kier molecular flexibility index (Phi) is 6.87. The Hall–Kier alpha value is -1.76. The molecule has 1 N–H and O–H groups in total. The summed E-state index contributed by atoms with van der Waals surface area (Å²) in [7, 11) is -1.99. The van der Waals surface area contributed by atoms with Crippen molar-refractivity contribution in [2.75, 3.05) is 30.8 Å². The van der Waals surface area contributed by atoms with Crippen molar-refractivity contribution < 1.29 is 17.9 Å². The molecule has 0 aliphatic carbocycles. The van der Waals surface area contributed by atoms with Crippen LogP contribution >= 0.6 is 0 Å². The molecule has 23 heavy (non-hydrogen) atoms. The van der Waals surface area contributed by atoms with Crippen molar-refractivity contribution in [3.05, 3.63) is 23.8 Å². The number of hydrogen-bond donors (Lipinski definition) is 1. The molecule has 0 aliphatic rings. The van der Waals surface area contributed by atoms with E-state index in [1.807, 2.05) is 26.8 Å². The molecule has 6 nitrogen and oxygen atoms in total. The summed E-state index contributed by atoms with van der Waals surface area (Å²) in [6, 6.07) is 5.35. The van der Waals surface area contributed by atoms with Crippen molar-refractivity contribution in [1.29, 1.82) is 0 Å². The smallest absolute Gasteiger partial charge is 0.232 e.